The predicted molar refractivity (Wildman–Crippen MR) is 93.7 cm³/mol. The number of thiazole rings is 1. The molecule has 0 saturated carbocycles. The summed E-state index contributed by atoms with van der Waals surface area (Å²) in [6.45, 7) is 0. The van der Waals surface area contributed by atoms with E-state index in [1.54, 1.807) is 36.4 Å². The Labute approximate surface area is 150 Å². The van der Waals surface area contributed by atoms with Crippen LogP contribution >= 0.6 is 11.3 Å². The quantitative estimate of drug-likeness (QED) is 0.496. The van der Waals surface area contributed by atoms with Gasteiger partial charge in [-0.15, -0.1) is 0 Å². The number of rotatable bonds is 3. The van der Waals surface area contributed by atoms with E-state index in [0.717, 1.165) is 26.8 Å². The lowest BCUT2D eigenvalue weighted by molar-refractivity contribution is -0.142. The maximum absolute atomic E-state index is 13.6. The minimum Gasteiger partial charge on any atom is -0.496 e. The molecule has 0 radical (unpaired) electrons. The second kappa shape index (κ2) is 6.14. The molecule has 2 aromatic carbocycles. The van der Waals surface area contributed by atoms with E-state index in [9.17, 15) is 13.2 Å². The van der Waals surface area contributed by atoms with Crippen LogP contribution in [0.2, 0.25) is 0 Å². The third-order valence-corrected chi connectivity index (χ3v) is 4.86. The van der Waals surface area contributed by atoms with E-state index in [-0.39, 0.29) is 10.8 Å². The first-order valence-electron chi connectivity index (χ1n) is 7.64. The summed E-state index contributed by atoms with van der Waals surface area (Å²) in [4.78, 5) is 4.29. The molecule has 0 aliphatic rings. The summed E-state index contributed by atoms with van der Waals surface area (Å²) < 4.78 is 47.7. The Balaban J connectivity index is 1.92. The van der Waals surface area contributed by atoms with Gasteiger partial charge in [-0.2, -0.15) is 18.3 Å². The van der Waals surface area contributed by atoms with E-state index in [1.165, 1.54) is 7.11 Å². The molecule has 4 rings (SSSR count). The number of fused-ring (bicyclic) bond motifs is 1. The van der Waals surface area contributed by atoms with Crippen LogP contribution in [0.4, 0.5) is 13.2 Å². The van der Waals surface area contributed by atoms with Crippen LogP contribution in [0.1, 0.15) is 5.69 Å². The Morgan fingerprint density at radius 2 is 1.77 bits per heavy atom. The Morgan fingerprint density at radius 3 is 2.50 bits per heavy atom. The van der Waals surface area contributed by atoms with Crippen molar-refractivity contribution in [2.45, 2.75) is 6.18 Å². The molecule has 4 nitrogen and oxygen atoms in total. The highest BCUT2D eigenvalue weighted by atomic mass is 32.1. The van der Waals surface area contributed by atoms with Gasteiger partial charge in [-0.25, -0.2) is 9.67 Å². The fourth-order valence-electron chi connectivity index (χ4n) is 2.67. The molecule has 0 aliphatic carbocycles. The Hall–Kier alpha value is -2.87. The average molecular weight is 375 g/mol. The number of benzene rings is 2. The highest BCUT2D eigenvalue weighted by Crippen LogP contribution is 2.37. The van der Waals surface area contributed by atoms with Crippen molar-refractivity contribution < 1.29 is 17.9 Å². The van der Waals surface area contributed by atoms with Gasteiger partial charge in [-0.05, 0) is 30.3 Å². The van der Waals surface area contributed by atoms with Crippen LogP contribution in [0.5, 0.6) is 5.75 Å². The molecule has 0 bridgehead atoms. The van der Waals surface area contributed by atoms with Gasteiger partial charge < -0.3 is 4.74 Å². The van der Waals surface area contributed by atoms with Gasteiger partial charge in [0.25, 0.3) is 0 Å². The lowest BCUT2D eigenvalue weighted by atomic mass is 10.1. The number of methoxy groups -OCH3 is 1. The molecule has 132 valence electrons. The van der Waals surface area contributed by atoms with Crippen molar-refractivity contribution in [3.05, 3.63) is 60.3 Å². The Morgan fingerprint density at radius 1 is 1.04 bits per heavy atom. The molecular formula is C18H12F3N3OS. The predicted octanol–water partition coefficient (Wildman–Crippen LogP) is 5.18. The average Bonchev–Trinajstić information content (AvgIpc) is 3.25. The summed E-state index contributed by atoms with van der Waals surface area (Å²) in [7, 11) is 1.47. The van der Waals surface area contributed by atoms with Gasteiger partial charge in [0.2, 0.25) is 5.13 Å². The number of nitrogens with zero attached hydrogens (tertiary/aromatic N) is 3. The van der Waals surface area contributed by atoms with Crippen LogP contribution in [0.3, 0.4) is 0 Å². The summed E-state index contributed by atoms with van der Waals surface area (Å²) in [5, 5.41) is 4.35. The molecule has 0 aliphatic heterocycles. The summed E-state index contributed by atoms with van der Waals surface area (Å²) in [5.41, 5.74) is 0.418. The minimum absolute atomic E-state index is 0.166. The van der Waals surface area contributed by atoms with E-state index >= 15 is 0 Å². The van der Waals surface area contributed by atoms with Crippen LogP contribution < -0.4 is 4.74 Å². The maximum atomic E-state index is 13.6. The zero-order valence-corrected chi connectivity index (χ0v) is 14.3. The first kappa shape index (κ1) is 16.6. The van der Waals surface area contributed by atoms with E-state index in [4.69, 9.17) is 4.74 Å². The van der Waals surface area contributed by atoms with Crippen LogP contribution in [0.25, 0.3) is 26.6 Å². The molecule has 0 atom stereocenters. The Kier molecular flexibility index (Phi) is 3.91. The molecule has 4 aromatic rings. The molecular weight excluding hydrogens is 363 g/mol. The summed E-state index contributed by atoms with van der Waals surface area (Å²) in [6.07, 6.45) is -4.56. The summed E-state index contributed by atoms with van der Waals surface area (Å²) >= 11 is 1.16. The van der Waals surface area contributed by atoms with Crippen LogP contribution in [-0.2, 0) is 6.18 Å². The van der Waals surface area contributed by atoms with E-state index in [1.807, 2.05) is 12.1 Å². The van der Waals surface area contributed by atoms with Gasteiger partial charge in [-0.3, -0.25) is 0 Å². The van der Waals surface area contributed by atoms with E-state index < -0.39 is 11.9 Å². The molecule has 0 spiro atoms. The lowest BCUT2D eigenvalue weighted by Crippen LogP contribution is -2.12. The zero-order valence-electron chi connectivity index (χ0n) is 13.5. The highest BCUT2D eigenvalue weighted by Gasteiger charge is 2.37. The summed E-state index contributed by atoms with van der Waals surface area (Å²) in [6, 6.07) is 15.0. The first-order valence-corrected chi connectivity index (χ1v) is 8.45. The van der Waals surface area contributed by atoms with Gasteiger partial charge in [0.15, 0.2) is 5.69 Å². The third-order valence-electron chi connectivity index (χ3n) is 3.85. The molecule has 8 heteroatoms. The number of hydrogen-bond donors (Lipinski definition) is 0. The third kappa shape index (κ3) is 2.82. The van der Waals surface area contributed by atoms with Crippen molar-refractivity contribution in [1.29, 1.82) is 0 Å². The number of alkyl halides is 3. The number of aromatic nitrogens is 3. The molecule has 0 saturated heterocycles. The van der Waals surface area contributed by atoms with E-state index in [2.05, 4.69) is 10.1 Å². The number of ether oxygens (including phenoxy) is 1. The van der Waals surface area contributed by atoms with Crippen molar-refractivity contribution in [3.8, 4) is 22.1 Å². The van der Waals surface area contributed by atoms with Gasteiger partial charge in [-0.1, -0.05) is 35.6 Å². The number of para-hydroxylation sites is 2. The smallest absolute Gasteiger partial charge is 0.433 e. The number of halogens is 3. The summed E-state index contributed by atoms with van der Waals surface area (Å²) in [5.74, 6) is 0.454. The standard InChI is InChI=1S/C18H12F3N3OS/c1-25-14-8-4-2-6-11(14)13-10-16(18(19,20)21)24(23-13)17-22-12-7-3-5-9-15(12)26-17/h2-10H,1H3. The van der Waals surface area contributed by atoms with Crippen molar-refractivity contribution in [3.63, 3.8) is 0 Å². The van der Waals surface area contributed by atoms with Crippen molar-refractivity contribution in [2.75, 3.05) is 7.11 Å². The van der Waals surface area contributed by atoms with Crippen LogP contribution in [0.15, 0.2) is 54.6 Å². The molecule has 26 heavy (non-hydrogen) atoms. The normalized spacial score (nSPS) is 11.8. The molecule has 2 aromatic heterocycles. The van der Waals surface area contributed by atoms with Crippen molar-refractivity contribution >= 4 is 21.6 Å². The SMILES string of the molecule is COc1ccccc1-c1cc(C(F)(F)F)n(-c2nc3ccccc3s2)n1. The van der Waals surface area contributed by atoms with E-state index in [0.29, 0.717) is 16.8 Å². The van der Waals surface area contributed by atoms with Gasteiger partial charge in [0.05, 0.1) is 23.0 Å². The topological polar surface area (TPSA) is 39.9 Å². The second-order valence-electron chi connectivity index (χ2n) is 5.49. The molecule has 0 fully saturated rings. The maximum Gasteiger partial charge on any atom is 0.433 e. The van der Waals surface area contributed by atoms with Crippen molar-refractivity contribution in [2.24, 2.45) is 0 Å². The minimum atomic E-state index is -4.56. The highest BCUT2D eigenvalue weighted by molar-refractivity contribution is 7.20. The number of hydrogen-bond acceptors (Lipinski definition) is 4. The Bertz CT molecular complexity index is 1050. The fraction of sp³-hybridized carbons (Fsp3) is 0.111. The molecule has 0 N–H and O–H groups in total. The molecule has 2 heterocycles. The van der Waals surface area contributed by atoms with Gasteiger partial charge in [0, 0.05) is 5.56 Å². The van der Waals surface area contributed by atoms with Crippen LogP contribution in [-0.4, -0.2) is 21.9 Å². The van der Waals surface area contributed by atoms with Crippen molar-refractivity contribution in [1.82, 2.24) is 14.8 Å². The van der Waals surface area contributed by atoms with Gasteiger partial charge in [0.1, 0.15) is 5.75 Å². The largest absolute Gasteiger partial charge is 0.496 e. The second-order valence-corrected chi connectivity index (χ2v) is 6.50. The monoisotopic (exact) mass is 375 g/mol. The van der Waals surface area contributed by atoms with Gasteiger partial charge >= 0.3 is 6.18 Å². The molecule has 0 amide bonds. The fourth-order valence-corrected chi connectivity index (χ4v) is 3.60. The zero-order chi connectivity index (χ0) is 18.3. The first-order chi connectivity index (χ1) is 12.5. The molecule has 0 unspecified atom stereocenters. The van der Waals surface area contributed by atoms with Crippen LogP contribution in [0, 0.1) is 0 Å². The lowest BCUT2D eigenvalue weighted by Gasteiger charge is -2.06.